The van der Waals surface area contributed by atoms with E-state index >= 15 is 0 Å². The molecule has 0 saturated carbocycles. The second-order valence-electron chi connectivity index (χ2n) is 5.08. The maximum absolute atomic E-state index is 12.0. The Labute approximate surface area is 126 Å². The normalized spacial score (nSPS) is 10.2. The molecule has 1 N–H and O–H groups in total. The number of rotatable bonds is 6. The van der Waals surface area contributed by atoms with E-state index in [1.54, 1.807) is 31.4 Å². The minimum atomic E-state index is -0.0399. The molecule has 2 aromatic rings. The Morgan fingerprint density at radius 3 is 2.57 bits per heavy atom. The topological polar surface area (TPSA) is 38.3 Å². The Kier molecular flexibility index (Phi) is 5.38. The van der Waals surface area contributed by atoms with Gasteiger partial charge in [-0.1, -0.05) is 29.8 Å². The van der Waals surface area contributed by atoms with Crippen LogP contribution in [0.2, 0.25) is 0 Å². The van der Waals surface area contributed by atoms with E-state index in [1.807, 2.05) is 0 Å². The molecule has 2 aromatic carbocycles. The van der Waals surface area contributed by atoms with Gasteiger partial charge in [0.2, 0.25) is 0 Å². The van der Waals surface area contributed by atoms with Crippen LogP contribution in [0.25, 0.3) is 0 Å². The average Bonchev–Trinajstić information content (AvgIpc) is 2.51. The van der Waals surface area contributed by atoms with E-state index in [2.05, 4.69) is 36.5 Å². The first-order valence-corrected chi connectivity index (χ1v) is 7.17. The highest BCUT2D eigenvalue weighted by atomic mass is 16.5. The van der Waals surface area contributed by atoms with Gasteiger partial charge in [-0.15, -0.1) is 0 Å². The van der Waals surface area contributed by atoms with E-state index in [9.17, 15) is 4.79 Å². The van der Waals surface area contributed by atoms with Gasteiger partial charge in [-0.3, -0.25) is 4.79 Å². The Balaban J connectivity index is 1.76. The summed E-state index contributed by atoms with van der Waals surface area (Å²) < 4.78 is 5.07. The third-order valence-electron chi connectivity index (χ3n) is 3.36. The lowest BCUT2D eigenvalue weighted by molar-refractivity contribution is 0.0953. The highest BCUT2D eigenvalue weighted by molar-refractivity contribution is 5.94. The van der Waals surface area contributed by atoms with Crippen molar-refractivity contribution < 1.29 is 9.53 Å². The minimum Gasteiger partial charge on any atom is -0.497 e. The zero-order valence-electron chi connectivity index (χ0n) is 12.6. The van der Waals surface area contributed by atoms with E-state index in [0.717, 1.165) is 18.6 Å². The number of carbonyl (C=O) groups is 1. The lowest BCUT2D eigenvalue weighted by Crippen LogP contribution is -2.24. The summed E-state index contributed by atoms with van der Waals surface area (Å²) >= 11 is 0. The molecule has 2 rings (SSSR count). The van der Waals surface area contributed by atoms with Crippen LogP contribution in [0.5, 0.6) is 5.75 Å². The number of carbonyl (C=O) groups excluding carboxylic acids is 1. The summed E-state index contributed by atoms with van der Waals surface area (Å²) in [5.41, 5.74) is 3.25. The molecular formula is C18H21NO2. The van der Waals surface area contributed by atoms with Gasteiger partial charge in [-0.2, -0.15) is 0 Å². The molecule has 3 nitrogen and oxygen atoms in total. The molecule has 1 amide bonds. The van der Waals surface area contributed by atoms with Crippen LogP contribution in [0.15, 0.2) is 48.5 Å². The maximum Gasteiger partial charge on any atom is 0.251 e. The Morgan fingerprint density at radius 1 is 1.14 bits per heavy atom. The molecule has 3 heteroatoms. The highest BCUT2D eigenvalue weighted by Crippen LogP contribution is 2.11. The lowest BCUT2D eigenvalue weighted by atomic mass is 10.1. The first-order valence-electron chi connectivity index (χ1n) is 7.17. The van der Waals surface area contributed by atoms with Gasteiger partial charge < -0.3 is 10.1 Å². The molecule has 21 heavy (non-hydrogen) atoms. The minimum absolute atomic E-state index is 0.0399. The van der Waals surface area contributed by atoms with Crippen LogP contribution in [0.4, 0.5) is 0 Å². The van der Waals surface area contributed by atoms with Crippen molar-refractivity contribution in [3.8, 4) is 5.75 Å². The fourth-order valence-electron chi connectivity index (χ4n) is 2.21. The quantitative estimate of drug-likeness (QED) is 0.825. The van der Waals surface area contributed by atoms with Gasteiger partial charge in [-0.25, -0.2) is 0 Å². The second-order valence-corrected chi connectivity index (χ2v) is 5.08. The number of ether oxygens (including phenoxy) is 1. The fraction of sp³-hybridized carbons (Fsp3) is 0.278. The van der Waals surface area contributed by atoms with Gasteiger partial charge in [0.1, 0.15) is 5.75 Å². The van der Waals surface area contributed by atoms with E-state index < -0.39 is 0 Å². The summed E-state index contributed by atoms with van der Waals surface area (Å²) in [6.45, 7) is 2.77. The number of hydrogen-bond donors (Lipinski definition) is 1. The van der Waals surface area contributed by atoms with E-state index in [4.69, 9.17) is 4.74 Å². The van der Waals surface area contributed by atoms with E-state index in [1.165, 1.54) is 11.1 Å². The van der Waals surface area contributed by atoms with Crippen LogP contribution in [0, 0.1) is 6.92 Å². The highest BCUT2D eigenvalue weighted by Gasteiger charge is 2.04. The van der Waals surface area contributed by atoms with Gasteiger partial charge in [0.05, 0.1) is 7.11 Å². The summed E-state index contributed by atoms with van der Waals surface area (Å²) in [6.07, 6.45) is 1.91. The van der Waals surface area contributed by atoms with Crippen molar-refractivity contribution in [3.05, 3.63) is 65.2 Å². The molecule has 0 saturated heterocycles. The average molecular weight is 283 g/mol. The van der Waals surface area contributed by atoms with Crippen LogP contribution in [-0.2, 0) is 6.42 Å². The lowest BCUT2D eigenvalue weighted by Gasteiger charge is -2.06. The van der Waals surface area contributed by atoms with Crippen LogP contribution in [-0.4, -0.2) is 19.6 Å². The third-order valence-corrected chi connectivity index (χ3v) is 3.36. The predicted molar refractivity (Wildman–Crippen MR) is 84.8 cm³/mol. The molecule has 0 aliphatic rings. The number of amides is 1. The Hall–Kier alpha value is -2.29. The van der Waals surface area contributed by atoms with Crippen LogP contribution < -0.4 is 10.1 Å². The van der Waals surface area contributed by atoms with E-state index in [0.29, 0.717) is 12.1 Å². The number of benzene rings is 2. The molecule has 0 heterocycles. The number of aryl methyl sites for hydroxylation is 2. The zero-order chi connectivity index (χ0) is 15.1. The second kappa shape index (κ2) is 7.48. The number of methoxy groups -OCH3 is 1. The molecular weight excluding hydrogens is 262 g/mol. The van der Waals surface area contributed by atoms with Crippen molar-refractivity contribution in [2.75, 3.05) is 13.7 Å². The van der Waals surface area contributed by atoms with Gasteiger partial charge in [0.25, 0.3) is 5.91 Å². The molecule has 0 atom stereocenters. The van der Waals surface area contributed by atoms with Gasteiger partial charge in [-0.05, 0) is 49.6 Å². The van der Waals surface area contributed by atoms with Crippen molar-refractivity contribution in [3.63, 3.8) is 0 Å². The molecule has 0 bridgehead atoms. The fourth-order valence-corrected chi connectivity index (χ4v) is 2.21. The molecule has 0 aliphatic carbocycles. The van der Waals surface area contributed by atoms with Crippen molar-refractivity contribution in [2.24, 2.45) is 0 Å². The first-order chi connectivity index (χ1) is 10.2. The van der Waals surface area contributed by atoms with Crippen molar-refractivity contribution in [1.29, 1.82) is 0 Å². The molecule has 0 aromatic heterocycles. The van der Waals surface area contributed by atoms with Crippen molar-refractivity contribution in [2.45, 2.75) is 19.8 Å². The Morgan fingerprint density at radius 2 is 1.90 bits per heavy atom. The first kappa shape index (κ1) is 15.1. The molecule has 0 radical (unpaired) electrons. The van der Waals surface area contributed by atoms with Crippen LogP contribution in [0.1, 0.15) is 27.9 Å². The van der Waals surface area contributed by atoms with Crippen LogP contribution in [0.3, 0.4) is 0 Å². The summed E-state index contributed by atoms with van der Waals surface area (Å²) in [5, 5.41) is 2.94. The van der Waals surface area contributed by atoms with Crippen molar-refractivity contribution >= 4 is 5.91 Å². The summed E-state index contributed by atoms with van der Waals surface area (Å²) in [7, 11) is 1.61. The standard InChI is InChI=1S/C18H21NO2/c1-14-5-3-6-15(13-14)7-4-12-19-18(20)16-8-10-17(21-2)11-9-16/h3,5-6,8-11,13H,4,7,12H2,1-2H3,(H,19,20). The largest absolute Gasteiger partial charge is 0.497 e. The zero-order valence-corrected chi connectivity index (χ0v) is 12.6. The molecule has 110 valence electrons. The predicted octanol–water partition coefficient (Wildman–Crippen LogP) is 3.37. The van der Waals surface area contributed by atoms with Gasteiger partial charge >= 0.3 is 0 Å². The summed E-state index contributed by atoms with van der Waals surface area (Å²) in [6, 6.07) is 15.6. The number of nitrogens with one attached hydrogen (secondary N) is 1. The monoisotopic (exact) mass is 283 g/mol. The molecule has 0 unspecified atom stereocenters. The maximum atomic E-state index is 12.0. The van der Waals surface area contributed by atoms with Gasteiger partial charge in [0.15, 0.2) is 0 Å². The van der Waals surface area contributed by atoms with E-state index in [-0.39, 0.29) is 5.91 Å². The van der Waals surface area contributed by atoms with Crippen LogP contribution >= 0.6 is 0 Å². The van der Waals surface area contributed by atoms with Crippen molar-refractivity contribution in [1.82, 2.24) is 5.32 Å². The molecule has 0 aliphatic heterocycles. The number of hydrogen-bond acceptors (Lipinski definition) is 2. The molecule has 0 spiro atoms. The summed E-state index contributed by atoms with van der Waals surface area (Å²) in [4.78, 5) is 12.0. The molecule has 0 fully saturated rings. The third kappa shape index (κ3) is 4.63. The Bertz CT molecular complexity index is 590. The smallest absolute Gasteiger partial charge is 0.251 e. The summed E-state index contributed by atoms with van der Waals surface area (Å²) in [5.74, 6) is 0.716. The SMILES string of the molecule is COc1ccc(C(=O)NCCCc2cccc(C)c2)cc1. The van der Waals surface area contributed by atoms with Gasteiger partial charge in [0, 0.05) is 12.1 Å².